The Balaban J connectivity index is 1.28. The number of nitrogens with zero attached hydrogens (tertiary/aromatic N) is 3. The molecule has 520 valence electrons. The number of benzene rings is 1. The number of rotatable bonds is 44. The number of hydrogen-bond donors (Lipinski definition) is 15. The Morgan fingerprint density at radius 3 is 1.89 bits per heavy atom. The second-order valence-corrected chi connectivity index (χ2v) is 24.9. The second kappa shape index (κ2) is 42.7. The predicted octanol–water partition coefficient (Wildman–Crippen LogP) is 0.277. The SMILES string of the molecule is C[C@H](NC(=O)CCCNC(=O)c1ccc(NCc2cnc3nc(N)[nH]c(=O)c3n2)cc1)C(=O)N[C@@H](CCC(=O)O)C(=O)N[C@@H](CCC(=O)NCCCC[C@H](O)CO)C(=O)N[C@@H](CCC(=O)O)C(=O)N[C@@H](C)C(=O)NCCSSCCOC(=O)OCCO[C@H]1CC[C@H](C)CC1. The van der Waals surface area contributed by atoms with E-state index in [1.54, 1.807) is 24.3 Å². The van der Waals surface area contributed by atoms with Gasteiger partial charge in [0, 0.05) is 68.1 Å². The lowest BCUT2D eigenvalue weighted by molar-refractivity contribution is -0.138. The molecule has 16 N–H and O–H groups in total. The minimum absolute atomic E-state index is 0.0203. The lowest BCUT2D eigenvalue weighted by Gasteiger charge is -2.26. The van der Waals surface area contributed by atoms with Gasteiger partial charge in [-0.3, -0.25) is 57.7 Å². The molecule has 33 nitrogen and oxygen atoms in total. The molecule has 0 saturated heterocycles. The van der Waals surface area contributed by atoms with Crippen LogP contribution in [0.5, 0.6) is 0 Å². The quantitative estimate of drug-likeness (QED) is 0.0205. The number of nitrogen functional groups attached to an aromatic ring is 1. The minimum atomic E-state index is -1.69. The monoisotopic (exact) mass is 1360 g/mol. The molecule has 2 aromatic heterocycles. The fourth-order valence-corrected chi connectivity index (χ4v) is 10.8. The number of hydrogen-bond acceptors (Lipinski definition) is 24. The maximum absolute atomic E-state index is 14.1. The zero-order valence-electron chi connectivity index (χ0n) is 52.8. The fraction of sp³-hybridized carbons (Fsp3) is 0.610. The minimum Gasteiger partial charge on any atom is -0.481 e. The molecule has 2 heterocycles. The molecule has 1 fully saturated rings. The number of carboxylic acids is 2. The Hall–Kier alpha value is -8.41. The van der Waals surface area contributed by atoms with Crippen LogP contribution in [-0.2, 0) is 63.9 Å². The van der Waals surface area contributed by atoms with Crippen molar-refractivity contribution in [1.82, 2.24) is 62.5 Å². The van der Waals surface area contributed by atoms with E-state index in [4.69, 9.17) is 25.1 Å². The molecule has 94 heavy (non-hydrogen) atoms. The number of carbonyl (C=O) groups is 11. The van der Waals surface area contributed by atoms with Gasteiger partial charge in [0.1, 0.15) is 43.4 Å². The first kappa shape index (κ1) is 78.0. The van der Waals surface area contributed by atoms with Gasteiger partial charge in [-0.05, 0) is 115 Å². The third-order valence-corrected chi connectivity index (χ3v) is 16.8. The van der Waals surface area contributed by atoms with Gasteiger partial charge in [0.15, 0.2) is 11.2 Å². The highest BCUT2D eigenvalue weighted by Gasteiger charge is 2.33. The number of unbranched alkanes of at least 4 members (excludes halogenated alkanes) is 1. The van der Waals surface area contributed by atoms with Crippen LogP contribution in [0.1, 0.15) is 133 Å². The Labute approximate surface area is 550 Å². The standard InChI is InChI=1S/C59H88N14O19S2/c1-34-9-15-41(16-10-34)90-26-27-91-59(89)92-28-30-94-93-29-25-63-51(82)35(2)67-54(85)43(18-21-47(78)79)71-55(86)42(17-20-45(76)61-23-5-4-7-40(75)33-74)70-56(87)44(19-22-48(80)81)69-52(83)36(3)66-46(77)8-6-24-62-53(84)37-11-13-38(14-12-37)64-31-39-32-65-50-49(68-39)57(88)73-58(60)72-50/h11-14,32,34-36,40-44,64,74-75H,4-10,15-31,33H2,1-3H3,(H,61,76)(H,62,84)(H,63,82)(H,66,77)(H,67,85)(H,69,83)(H,70,87)(H,71,86)(H,78,79)(H,80,81)(H3,60,65,72,73,88)/t34-,35-,36-,40-,41-,42-,43-,44-/m0/s1. The largest absolute Gasteiger partial charge is 0.508 e. The highest BCUT2D eigenvalue weighted by atomic mass is 33.1. The van der Waals surface area contributed by atoms with Crippen molar-refractivity contribution in [2.45, 2.75) is 166 Å². The fourth-order valence-electron chi connectivity index (χ4n) is 9.09. The van der Waals surface area contributed by atoms with Crippen LogP contribution in [0.2, 0.25) is 0 Å². The van der Waals surface area contributed by atoms with Crippen LogP contribution >= 0.6 is 21.6 Å². The number of ether oxygens (including phenoxy) is 3. The van der Waals surface area contributed by atoms with Crippen molar-refractivity contribution in [2.75, 3.05) is 68.6 Å². The number of nitrogens with two attached hydrogens (primary N) is 1. The van der Waals surface area contributed by atoms with Crippen molar-refractivity contribution in [1.29, 1.82) is 0 Å². The van der Waals surface area contributed by atoms with Gasteiger partial charge in [-0.2, -0.15) is 4.98 Å². The van der Waals surface area contributed by atoms with Crippen molar-refractivity contribution < 1.29 is 87.4 Å². The molecule has 0 unspecified atom stereocenters. The molecule has 8 amide bonds. The number of aliphatic hydroxyl groups excluding tert-OH is 2. The number of aliphatic carboxylic acids is 2. The lowest BCUT2D eigenvalue weighted by Crippen LogP contribution is -2.59. The zero-order chi connectivity index (χ0) is 69.0. The predicted molar refractivity (Wildman–Crippen MR) is 344 cm³/mol. The van der Waals surface area contributed by atoms with E-state index in [9.17, 15) is 72.9 Å². The summed E-state index contributed by atoms with van der Waals surface area (Å²) < 4.78 is 15.9. The molecule has 35 heteroatoms. The van der Waals surface area contributed by atoms with E-state index in [0.29, 0.717) is 47.2 Å². The molecular weight excluding hydrogens is 1270 g/mol. The molecule has 0 aliphatic heterocycles. The van der Waals surface area contributed by atoms with Gasteiger partial charge < -0.3 is 88.2 Å². The van der Waals surface area contributed by atoms with E-state index in [1.807, 2.05) is 0 Å². The van der Waals surface area contributed by atoms with Crippen molar-refractivity contribution >= 4 is 110 Å². The van der Waals surface area contributed by atoms with Crippen LogP contribution in [0, 0.1) is 5.92 Å². The van der Waals surface area contributed by atoms with Crippen LogP contribution < -0.4 is 59.1 Å². The van der Waals surface area contributed by atoms with E-state index in [1.165, 1.54) is 41.6 Å². The number of carbonyl (C=O) groups excluding carboxylic acids is 9. The summed E-state index contributed by atoms with van der Waals surface area (Å²) in [7, 11) is 2.75. The number of aromatic amines is 1. The Morgan fingerprint density at radius 2 is 1.24 bits per heavy atom. The third-order valence-electron chi connectivity index (χ3n) is 14.4. The van der Waals surface area contributed by atoms with E-state index in [-0.39, 0.29) is 88.5 Å². The first-order chi connectivity index (χ1) is 44.9. The number of nitrogens with one attached hydrogen (secondary N) is 10. The Morgan fingerprint density at radius 1 is 0.649 bits per heavy atom. The van der Waals surface area contributed by atoms with E-state index >= 15 is 0 Å². The molecule has 0 spiro atoms. The average Bonchev–Trinajstić information content (AvgIpc) is 0.844. The van der Waals surface area contributed by atoms with Crippen LogP contribution in [0.3, 0.4) is 0 Å². The average molecular weight is 1360 g/mol. The molecular formula is C59H88N14O19S2. The van der Waals surface area contributed by atoms with Crippen molar-refractivity contribution in [3.63, 3.8) is 0 Å². The summed E-state index contributed by atoms with van der Waals surface area (Å²) in [5.74, 6) is -7.72. The molecule has 1 saturated carbocycles. The molecule has 0 bridgehead atoms. The summed E-state index contributed by atoms with van der Waals surface area (Å²) >= 11 is 0. The van der Waals surface area contributed by atoms with Crippen molar-refractivity contribution in [2.24, 2.45) is 5.92 Å². The first-order valence-corrected chi connectivity index (χ1v) is 33.5. The number of aliphatic hydroxyl groups is 2. The van der Waals surface area contributed by atoms with E-state index < -0.39 is 152 Å². The highest BCUT2D eigenvalue weighted by Crippen LogP contribution is 2.25. The zero-order valence-corrected chi connectivity index (χ0v) is 54.5. The summed E-state index contributed by atoms with van der Waals surface area (Å²) in [5.41, 5.74) is 6.51. The summed E-state index contributed by atoms with van der Waals surface area (Å²) in [5, 5.41) is 61.1. The number of anilines is 2. The van der Waals surface area contributed by atoms with Gasteiger partial charge in [-0.1, -0.05) is 28.5 Å². The maximum Gasteiger partial charge on any atom is 0.508 e. The van der Waals surface area contributed by atoms with Crippen molar-refractivity contribution in [3.8, 4) is 0 Å². The maximum atomic E-state index is 14.1. The number of carboxylic acid groups (broad SMARTS) is 2. The number of amides is 8. The molecule has 6 atom stereocenters. The van der Waals surface area contributed by atoms with Gasteiger partial charge in [0.2, 0.25) is 47.3 Å². The van der Waals surface area contributed by atoms with Crippen LogP contribution in [0.15, 0.2) is 35.3 Å². The Kier molecular flexibility index (Phi) is 35.5. The van der Waals surface area contributed by atoms with Crippen LogP contribution in [-0.4, -0.2) is 206 Å². The van der Waals surface area contributed by atoms with E-state index in [0.717, 1.165) is 25.7 Å². The molecule has 1 aliphatic rings. The smallest absolute Gasteiger partial charge is 0.481 e. The van der Waals surface area contributed by atoms with Crippen LogP contribution in [0.25, 0.3) is 11.2 Å². The second-order valence-electron chi connectivity index (χ2n) is 22.2. The summed E-state index contributed by atoms with van der Waals surface area (Å²) in [6.07, 6.45) is 1.89. The van der Waals surface area contributed by atoms with Gasteiger partial charge in [-0.15, -0.1) is 0 Å². The normalized spacial score (nSPS) is 15.5. The van der Waals surface area contributed by atoms with Gasteiger partial charge in [-0.25, -0.2) is 14.8 Å². The highest BCUT2D eigenvalue weighted by molar-refractivity contribution is 8.76. The summed E-state index contributed by atoms with van der Waals surface area (Å²) in [6, 6.07) is -1.09. The topological polar surface area (TPSA) is 502 Å². The number of aromatic nitrogens is 4. The molecule has 0 radical (unpaired) electrons. The van der Waals surface area contributed by atoms with Gasteiger partial charge in [0.25, 0.3) is 11.5 Å². The third kappa shape index (κ3) is 31.0. The molecule has 4 rings (SSSR count). The summed E-state index contributed by atoms with van der Waals surface area (Å²) in [4.78, 5) is 170. The molecule has 1 aromatic carbocycles. The lowest BCUT2D eigenvalue weighted by atomic mass is 9.89. The Bertz CT molecular complexity index is 3050. The molecule has 1 aliphatic carbocycles. The molecule has 3 aromatic rings. The number of H-pyrrole nitrogens is 1. The summed E-state index contributed by atoms with van der Waals surface area (Å²) in [6.45, 7) is 5.38. The number of fused-ring (bicyclic) bond motifs is 1. The van der Waals surface area contributed by atoms with E-state index in [2.05, 4.69) is 74.7 Å². The van der Waals surface area contributed by atoms with Gasteiger partial charge >= 0.3 is 18.1 Å². The first-order valence-electron chi connectivity index (χ1n) is 31.0. The van der Waals surface area contributed by atoms with Gasteiger partial charge in [0.05, 0.1) is 43.9 Å². The van der Waals surface area contributed by atoms with Crippen molar-refractivity contribution in [3.05, 3.63) is 52.1 Å². The van der Waals surface area contributed by atoms with Crippen LogP contribution in [0.4, 0.5) is 16.4 Å².